The van der Waals surface area contributed by atoms with Gasteiger partial charge >= 0.3 is 5.88 Å². The molecule has 4 rings (SSSR count). The number of furan rings is 1. The molecule has 0 radical (unpaired) electrons. The number of nitrogens with zero attached hydrogens (tertiary/aromatic N) is 4. The summed E-state index contributed by atoms with van der Waals surface area (Å²) >= 11 is 1.33. The molecule has 1 N–H and O–H groups in total. The number of carbonyl (C=O) groups excluding carboxylic acids is 1. The Balaban J connectivity index is 1.48. The van der Waals surface area contributed by atoms with Gasteiger partial charge in [0, 0.05) is 0 Å². The Hall–Kier alpha value is -2.75. The Morgan fingerprint density at radius 1 is 1.36 bits per heavy atom. The van der Waals surface area contributed by atoms with Crippen LogP contribution in [0.15, 0.2) is 32.2 Å². The highest BCUT2D eigenvalue weighted by atomic mass is 32.2. The lowest BCUT2D eigenvalue weighted by atomic mass is 9.86. The first-order chi connectivity index (χ1) is 13.5. The molecule has 0 bridgehead atoms. The highest BCUT2D eigenvalue weighted by molar-refractivity contribution is 8.26. The van der Waals surface area contributed by atoms with Crippen LogP contribution in [-0.4, -0.2) is 31.9 Å². The number of aliphatic imine (C=N–C) groups is 1. The molecular weight excluding hydrogens is 382 g/mol. The van der Waals surface area contributed by atoms with E-state index in [1.807, 2.05) is 0 Å². The van der Waals surface area contributed by atoms with Gasteiger partial charge < -0.3 is 4.42 Å². The van der Waals surface area contributed by atoms with Crippen LogP contribution >= 0.6 is 11.8 Å². The molecule has 9 nitrogen and oxygen atoms in total. The number of hydrogen-bond acceptors (Lipinski definition) is 7. The van der Waals surface area contributed by atoms with Gasteiger partial charge in [-0.15, -0.1) is 0 Å². The van der Waals surface area contributed by atoms with Crippen LogP contribution in [0.3, 0.4) is 0 Å². The molecule has 2 aliphatic heterocycles. The third kappa shape index (κ3) is 3.77. The molecule has 1 aromatic heterocycles. The summed E-state index contributed by atoms with van der Waals surface area (Å²) < 4.78 is 5.05. The second kappa shape index (κ2) is 7.70. The Labute approximate surface area is 165 Å². The van der Waals surface area contributed by atoms with Gasteiger partial charge in [-0.3, -0.25) is 20.3 Å². The van der Waals surface area contributed by atoms with Gasteiger partial charge in [-0.25, -0.2) is 0 Å². The maximum atomic E-state index is 12.3. The molecule has 10 heteroatoms. The van der Waals surface area contributed by atoms with Gasteiger partial charge in [-0.1, -0.05) is 32.1 Å². The standard InChI is InChI=1S/C18H19N5O4S/c19-16-13(10-12-7-9-15(27-12)23(25)26)17(24)20-18-22(16)21-14(28-18)8-6-11-4-2-1-3-5-11/h7,9-11,19H,1-6,8H2/b13-10+,19-16?. The van der Waals surface area contributed by atoms with E-state index in [1.54, 1.807) is 0 Å². The molecular formula is C18H19N5O4S. The van der Waals surface area contributed by atoms with E-state index in [0.717, 1.165) is 23.8 Å². The topological polar surface area (TPSA) is 125 Å². The van der Waals surface area contributed by atoms with Crippen molar-refractivity contribution in [3.63, 3.8) is 0 Å². The van der Waals surface area contributed by atoms with Crippen molar-refractivity contribution in [3.8, 4) is 0 Å². The number of amides is 1. The largest absolute Gasteiger partial charge is 0.433 e. The normalized spacial score (nSPS) is 21.7. The lowest BCUT2D eigenvalue weighted by Gasteiger charge is -2.20. The van der Waals surface area contributed by atoms with Crippen molar-refractivity contribution >= 4 is 45.7 Å². The zero-order valence-electron chi connectivity index (χ0n) is 15.1. The first-order valence-corrected chi connectivity index (χ1v) is 10.1. The van der Waals surface area contributed by atoms with Crippen molar-refractivity contribution in [1.29, 1.82) is 5.41 Å². The summed E-state index contributed by atoms with van der Waals surface area (Å²) in [5.41, 5.74) is -0.00845. The number of nitrogens with one attached hydrogen (secondary N) is 1. The first kappa shape index (κ1) is 18.6. The fraction of sp³-hybridized carbons (Fsp3) is 0.444. The Bertz CT molecular complexity index is 926. The highest BCUT2D eigenvalue weighted by Gasteiger charge is 2.36. The molecule has 0 atom stereocenters. The summed E-state index contributed by atoms with van der Waals surface area (Å²) in [5.74, 6) is -0.263. The van der Waals surface area contributed by atoms with Crippen molar-refractivity contribution in [1.82, 2.24) is 5.01 Å². The molecule has 3 heterocycles. The Kier molecular flexibility index (Phi) is 5.12. The molecule has 0 saturated heterocycles. The molecule has 28 heavy (non-hydrogen) atoms. The molecule has 1 amide bonds. The number of hydrazone groups is 1. The summed E-state index contributed by atoms with van der Waals surface area (Å²) in [6, 6.07) is 2.58. The van der Waals surface area contributed by atoms with Gasteiger partial charge in [0.25, 0.3) is 5.91 Å². The van der Waals surface area contributed by atoms with Crippen molar-refractivity contribution in [3.05, 3.63) is 33.6 Å². The predicted molar refractivity (Wildman–Crippen MR) is 106 cm³/mol. The van der Waals surface area contributed by atoms with Crippen molar-refractivity contribution in [2.75, 3.05) is 0 Å². The monoisotopic (exact) mass is 401 g/mol. The number of amidine groups is 2. The molecule has 1 saturated carbocycles. The van der Waals surface area contributed by atoms with Crippen molar-refractivity contribution in [2.45, 2.75) is 44.9 Å². The predicted octanol–water partition coefficient (Wildman–Crippen LogP) is 4.17. The van der Waals surface area contributed by atoms with Crippen LogP contribution < -0.4 is 0 Å². The van der Waals surface area contributed by atoms with E-state index < -0.39 is 16.7 Å². The second-order valence-electron chi connectivity index (χ2n) is 6.99. The first-order valence-electron chi connectivity index (χ1n) is 9.24. The number of fused-ring (bicyclic) bond motifs is 1. The molecule has 3 aliphatic rings. The fourth-order valence-electron chi connectivity index (χ4n) is 3.60. The molecule has 0 unspecified atom stereocenters. The van der Waals surface area contributed by atoms with Gasteiger partial charge in [0.2, 0.25) is 5.17 Å². The van der Waals surface area contributed by atoms with E-state index in [-0.39, 0.29) is 17.2 Å². The summed E-state index contributed by atoms with van der Waals surface area (Å²) in [6.07, 6.45) is 9.60. The molecule has 0 aromatic carbocycles. The van der Waals surface area contributed by atoms with Gasteiger partial charge in [-0.05, 0) is 42.7 Å². The van der Waals surface area contributed by atoms with Gasteiger partial charge in [0.05, 0.1) is 11.6 Å². The van der Waals surface area contributed by atoms with E-state index >= 15 is 0 Å². The molecule has 0 spiro atoms. The average molecular weight is 401 g/mol. The molecule has 1 fully saturated rings. The zero-order valence-corrected chi connectivity index (χ0v) is 15.9. The summed E-state index contributed by atoms with van der Waals surface area (Å²) in [6.45, 7) is 0. The molecule has 1 aromatic rings. The van der Waals surface area contributed by atoms with Crippen LogP contribution in [0.4, 0.5) is 5.88 Å². The minimum Gasteiger partial charge on any atom is -0.401 e. The zero-order chi connectivity index (χ0) is 19.7. The molecule has 146 valence electrons. The van der Waals surface area contributed by atoms with E-state index in [9.17, 15) is 14.9 Å². The van der Waals surface area contributed by atoms with Crippen molar-refractivity contribution in [2.24, 2.45) is 16.0 Å². The van der Waals surface area contributed by atoms with E-state index in [4.69, 9.17) is 9.83 Å². The van der Waals surface area contributed by atoms with Gasteiger partial charge in [0.1, 0.15) is 15.7 Å². The van der Waals surface area contributed by atoms with Crippen molar-refractivity contribution < 1.29 is 14.1 Å². The number of nitro groups is 1. The lowest BCUT2D eigenvalue weighted by Crippen LogP contribution is -2.35. The van der Waals surface area contributed by atoms with Crippen LogP contribution in [0.2, 0.25) is 0 Å². The second-order valence-corrected chi connectivity index (χ2v) is 8.03. The maximum absolute atomic E-state index is 12.3. The van der Waals surface area contributed by atoms with E-state index in [2.05, 4.69) is 10.1 Å². The summed E-state index contributed by atoms with van der Waals surface area (Å²) in [7, 11) is 0. The van der Waals surface area contributed by atoms with Crippen LogP contribution in [0.1, 0.15) is 50.7 Å². The van der Waals surface area contributed by atoms with Gasteiger partial charge in [-0.2, -0.15) is 15.1 Å². The Morgan fingerprint density at radius 2 is 2.14 bits per heavy atom. The number of carbonyl (C=O) groups is 1. The lowest BCUT2D eigenvalue weighted by molar-refractivity contribution is -0.402. The molecule has 1 aliphatic carbocycles. The van der Waals surface area contributed by atoms with Crippen LogP contribution in [0.25, 0.3) is 6.08 Å². The van der Waals surface area contributed by atoms with Crippen LogP contribution in [0, 0.1) is 21.4 Å². The third-order valence-corrected chi connectivity index (χ3v) is 6.03. The van der Waals surface area contributed by atoms with Gasteiger partial charge in [0.15, 0.2) is 5.84 Å². The summed E-state index contributed by atoms with van der Waals surface area (Å²) in [5, 5.41) is 26.1. The minimum absolute atomic E-state index is 0.00845. The average Bonchev–Trinajstić information content (AvgIpc) is 3.31. The van der Waals surface area contributed by atoms with E-state index in [1.165, 1.54) is 67.1 Å². The Morgan fingerprint density at radius 3 is 2.86 bits per heavy atom. The smallest absolute Gasteiger partial charge is 0.401 e. The highest BCUT2D eigenvalue weighted by Crippen LogP contribution is 2.33. The number of thioether (sulfide) groups is 1. The van der Waals surface area contributed by atoms with Crippen LogP contribution in [0.5, 0.6) is 0 Å². The summed E-state index contributed by atoms with van der Waals surface area (Å²) in [4.78, 5) is 26.4. The maximum Gasteiger partial charge on any atom is 0.433 e. The third-order valence-electron chi connectivity index (χ3n) is 5.07. The fourth-order valence-corrected chi connectivity index (χ4v) is 4.50. The number of hydrogen-bond donors (Lipinski definition) is 1. The van der Waals surface area contributed by atoms with Crippen LogP contribution in [-0.2, 0) is 4.79 Å². The quantitative estimate of drug-likeness (QED) is 0.448. The SMILES string of the molecule is N=C1/C(=C\c2ccc([N+](=O)[O-])o2)C(=O)N=C2SC(CCC3CCCCC3)=NN12. The number of rotatable bonds is 5. The van der Waals surface area contributed by atoms with E-state index in [0.29, 0.717) is 5.17 Å². The minimum atomic E-state index is -0.660.